The molecule has 0 aliphatic rings. The van der Waals surface area contributed by atoms with Gasteiger partial charge in [-0.25, -0.2) is 0 Å². The van der Waals surface area contributed by atoms with Gasteiger partial charge in [0.15, 0.2) is 0 Å². The third-order valence-corrected chi connectivity index (χ3v) is 2.91. The van der Waals surface area contributed by atoms with E-state index in [1.54, 1.807) is 0 Å². The van der Waals surface area contributed by atoms with Crippen molar-refractivity contribution in [3.05, 3.63) is 48.0 Å². The topological polar surface area (TPSA) is 29.1 Å². The number of carbonyl (C=O) groups excluding carboxylic acids is 1. The molecule has 2 heteroatoms. The van der Waals surface area contributed by atoms with Gasteiger partial charge in [0.1, 0.15) is 0 Å². The quantitative estimate of drug-likeness (QED) is 0.799. The Labute approximate surface area is 102 Å². The van der Waals surface area contributed by atoms with Crippen LogP contribution in [0.4, 0.5) is 0 Å². The summed E-state index contributed by atoms with van der Waals surface area (Å²) in [4.78, 5) is 10.5. The van der Waals surface area contributed by atoms with Gasteiger partial charge in [-0.15, -0.1) is 0 Å². The Morgan fingerprint density at radius 2 is 1.82 bits per heavy atom. The summed E-state index contributed by atoms with van der Waals surface area (Å²) in [5, 5.41) is 5.33. The summed E-state index contributed by atoms with van der Waals surface area (Å²) in [5.41, 5.74) is 1.03. The van der Waals surface area contributed by atoms with E-state index in [0.717, 1.165) is 12.8 Å². The molecule has 0 aromatic heterocycles. The van der Waals surface area contributed by atoms with Gasteiger partial charge < -0.3 is 5.32 Å². The Morgan fingerprint density at radius 3 is 2.53 bits per heavy atom. The average molecular weight is 227 g/mol. The highest BCUT2D eigenvalue weighted by molar-refractivity contribution is 5.83. The lowest BCUT2D eigenvalue weighted by Gasteiger charge is -2.24. The predicted molar refractivity (Wildman–Crippen MR) is 70.9 cm³/mol. The summed E-state index contributed by atoms with van der Waals surface area (Å²) in [7, 11) is 0. The molecule has 0 aliphatic carbocycles. The summed E-state index contributed by atoms with van der Waals surface area (Å²) in [6, 6.07) is 14.7. The van der Waals surface area contributed by atoms with Crippen molar-refractivity contribution >= 4 is 17.2 Å². The molecular weight excluding hydrogens is 210 g/mol. The van der Waals surface area contributed by atoms with E-state index in [1.807, 2.05) is 26.0 Å². The predicted octanol–water partition coefficient (Wildman–Crippen LogP) is 2.91. The molecule has 2 nitrogen and oxygen atoms in total. The van der Waals surface area contributed by atoms with E-state index in [1.165, 1.54) is 16.3 Å². The molecule has 1 amide bonds. The number of fused-ring (bicyclic) bond motifs is 1. The van der Waals surface area contributed by atoms with Crippen LogP contribution >= 0.6 is 0 Å². The maximum absolute atomic E-state index is 10.5. The second-order valence-corrected chi connectivity index (χ2v) is 5.00. The van der Waals surface area contributed by atoms with Gasteiger partial charge in [-0.1, -0.05) is 42.5 Å². The van der Waals surface area contributed by atoms with Gasteiger partial charge in [0.2, 0.25) is 6.41 Å². The zero-order valence-corrected chi connectivity index (χ0v) is 10.2. The molecule has 0 aliphatic heterocycles. The lowest BCUT2D eigenvalue weighted by molar-refractivity contribution is -0.110. The third kappa shape index (κ3) is 2.84. The molecule has 2 aromatic carbocycles. The average Bonchev–Trinajstić information content (AvgIpc) is 2.28. The fourth-order valence-electron chi connectivity index (χ4n) is 2.07. The van der Waals surface area contributed by atoms with Gasteiger partial charge in [-0.05, 0) is 36.6 Å². The third-order valence-electron chi connectivity index (χ3n) is 2.91. The molecule has 0 bridgehead atoms. The molecule has 0 atom stereocenters. The second-order valence-electron chi connectivity index (χ2n) is 5.00. The zero-order valence-electron chi connectivity index (χ0n) is 10.2. The Balaban J connectivity index is 2.28. The van der Waals surface area contributed by atoms with Crippen LogP contribution in [0.1, 0.15) is 19.4 Å². The first-order valence-electron chi connectivity index (χ1n) is 5.80. The second kappa shape index (κ2) is 4.58. The standard InChI is InChI=1S/C15H17NO/c1-15(2,16-11-17)10-12-7-8-13-5-3-4-6-14(13)9-12/h3-9,11H,10H2,1-2H3,(H,16,17). The van der Waals surface area contributed by atoms with Gasteiger partial charge >= 0.3 is 0 Å². The van der Waals surface area contributed by atoms with Crippen LogP contribution in [0.3, 0.4) is 0 Å². The molecule has 2 rings (SSSR count). The molecule has 0 radical (unpaired) electrons. The van der Waals surface area contributed by atoms with Crippen LogP contribution in [0.5, 0.6) is 0 Å². The van der Waals surface area contributed by atoms with E-state index in [2.05, 4.69) is 35.6 Å². The van der Waals surface area contributed by atoms with Gasteiger partial charge in [0, 0.05) is 5.54 Å². The molecule has 17 heavy (non-hydrogen) atoms. The molecule has 88 valence electrons. The van der Waals surface area contributed by atoms with Crippen LogP contribution in [0.25, 0.3) is 10.8 Å². The number of amides is 1. The summed E-state index contributed by atoms with van der Waals surface area (Å²) >= 11 is 0. The van der Waals surface area contributed by atoms with Crippen molar-refractivity contribution in [3.8, 4) is 0 Å². The molecule has 2 aromatic rings. The van der Waals surface area contributed by atoms with Crippen molar-refractivity contribution in [2.75, 3.05) is 0 Å². The Bertz CT molecular complexity index is 531. The zero-order chi connectivity index (χ0) is 12.3. The van der Waals surface area contributed by atoms with Gasteiger partial charge in [-0.2, -0.15) is 0 Å². The first-order valence-corrected chi connectivity index (χ1v) is 5.80. The van der Waals surface area contributed by atoms with E-state index >= 15 is 0 Å². The van der Waals surface area contributed by atoms with Crippen molar-refractivity contribution in [1.82, 2.24) is 5.32 Å². The number of hydrogen-bond acceptors (Lipinski definition) is 1. The van der Waals surface area contributed by atoms with Crippen LogP contribution in [0, 0.1) is 0 Å². The minimum absolute atomic E-state index is 0.204. The van der Waals surface area contributed by atoms with Crippen molar-refractivity contribution in [1.29, 1.82) is 0 Å². The summed E-state index contributed by atoms with van der Waals surface area (Å²) in [6.07, 6.45) is 1.59. The van der Waals surface area contributed by atoms with Gasteiger partial charge in [-0.3, -0.25) is 4.79 Å². The van der Waals surface area contributed by atoms with Crippen molar-refractivity contribution in [3.63, 3.8) is 0 Å². The normalized spacial score (nSPS) is 11.4. The fourth-order valence-corrected chi connectivity index (χ4v) is 2.07. The first-order chi connectivity index (χ1) is 8.11. The molecule has 0 saturated carbocycles. The van der Waals surface area contributed by atoms with E-state index < -0.39 is 0 Å². The van der Waals surface area contributed by atoms with Crippen LogP contribution in [0.2, 0.25) is 0 Å². The SMILES string of the molecule is CC(C)(Cc1ccc2ccccc2c1)NC=O. The molecule has 0 spiro atoms. The largest absolute Gasteiger partial charge is 0.353 e. The van der Waals surface area contributed by atoms with Crippen molar-refractivity contribution in [2.45, 2.75) is 25.8 Å². The molecule has 0 saturated heterocycles. The lowest BCUT2D eigenvalue weighted by atomic mass is 9.94. The summed E-state index contributed by atoms with van der Waals surface area (Å²) in [6.45, 7) is 4.05. The summed E-state index contributed by atoms with van der Waals surface area (Å²) < 4.78 is 0. The highest BCUT2D eigenvalue weighted by atomic mass is 16.1. The smallest absolute Gasteiger partial charge is 0.207 e. The maximum Gasteiger partial charge on any atom is 0.207 e. The van der Waals surface area contributed by atoms with Crippen LogP contribution in [-0.2, 0) is 11.2 Å². The molecule has 0 unspecified atom stereocenters. The number of carbonyl (C=O) groups is 1. The molecule has 0 fully saturated rings. The van der Waals surface area contributed by atoms with E-state index in [4.69, 9.17) is 0 Å². The van der Waals surface area contributed by atoms with E-state index in [9.17, 15) is 4.79 Å². The highest BCUT2D eigenvalue weighted by Crippen LogP contribution is 2.19. The van der Waals surface area contributed by atoms with Crippen LogP contribution in [0.15, 0.2) is 42.5 Å². The van der Waals surface area contributed by atoms with Gasteiger partial charge in [0.05, 0.1) is 0 Å². The molecule has 1 N–H and O–H groups in total. The van der Waals surface area contributed by atoms with Crippen molar-refractivity contribution in [2.24, 2.45) is 0 Å². The highest BCUT2D eigenvalue weighted by Gasteiger charge is 2.16. The number of nitrogens with one attached hydrogen (secondary N) is 1. The molecule has 0 heterocycles. The maximum atomic E-state index is 10.5. The van der Waals surface area contributed by atoms with Crippen LogP contribution < -0.4 is 5.32 Å². The van der Waals surface area contributed by atoms with Crippen molar-refractivity contribution < 1.29 is 4.79 Å². The minimum Gasteiger partial charge on any atom is -0.353 e. The minimum atomic E-state index is -0.204. The fraction of sp³-hybridized carbons (Fsp3) is 0.267. The number of rotatable bonds is 4. The Hall–Kier alpha value is -1.83. The first kappa shape index (κ1) is 11.6. The lowest BCUT2D eigenvalue weighted by Crippen LogP contribution is -2.40. The Morgan fingerprint density at radius 1 is 1.12 bits per heavy atom. The Kier molecular flexibility index (Phi) is 3.14. The number of benzene rings is 2. The van der Waals surface area contributed by atoms with E-state index in [0.29, 0.717) is 0 Å². The number of hydrogen-bond donors (Lipinski definition) is 1. The molecular formula is C15H17NO. The monoisotopic (exact) mass is 227 g/mol. The van der Waals surface area contributed by atoms with Gasteiger partial charge in [0.25, 0.3) is 0 Å². The van der Waals surface area contributed by atoms with Crippen LogP contribution in [-0.4, -0.2) is 11.9 Å². The van der Waals surface area contributed by atoms with E-state index in [-0.39, 0.29) is 5.54 Å². The summed E-state index contributed by atoms with van der Waals surface area (Å²) in [5.74, 6) is 0.